The molecule has 1 aromatic rings. The molecule has 1 aliphatic carbocycles. The van der Waals surface area contributed by atoms with Crippen molar-refractivity contribution >= 4 is 5.69 Å². The van der Waals surface area contributed by atoms with Crippen LogP contribution in [0.4, 0.5) is 5.69 Å². The second kappa shape index (κ2) is 6.90. The van der Waals surface area contributed by atoms with Gasteiger partial charge in [-0.3, -0.25) is 9.58 Å². The topological polar surface area (TPSA) is 85.8 Å². The maximum absolute atomic E-state index is 8.86. The first-order valence-electron chi connectivity index (χ1n) is 9.19. The Balaban J connectivity index is 1.36. The number of aliphatic hydroxyl groups excluding tert-OH is 1. The smallest absolute Gasteiger partial charge is 0.256 e. The molecule has 0 amide bonds. The number of aliphatic hydroxyl groups is 1. The lowest BCUT2D eigenvalue weighted by atomic mass is 9.89. The SMILES string of the molecule is Nc1cn([C@H]2CC[C@H](N3[C@@H]4CC[C@H]3COC4)CC2)nc1OCCO. The Bertz CT molecular complexity index is 540. The van der Waals surface area contributed by atoms with Crippen molar-refractivity contribution in [2.45, 2.75) is 62.7 Å². The van der Waals surface area contributed by atoms with E-state index >= 15 is 0 Å². The van der Waals surface area contributed by atoms with Gasteiger partial charge in [-0.25, -0.2) is 0 Å². The molecule has 3 heterocycles. The first-order valence-corrected chi connectivity index (χ1v) is 9.19. The summed E-state index contributed by atoms with van der Waals surface area (Å²) in [4.78, 5) is 2.76. The molecule has 2 saturated heterocycles. The summed E-state index contributed by atoms with van der Waals surface area (Å²) in [6, 6.07) is 2.38. The van der Waals surface area contributed by atoms with Crippen LogP contribution in [0.2, 0.25) is 0 Å². The van der Waals surface area contributed by atoms with Crippen molar-refractivity contribution in [2.24, 2.45) is 0 Å². The fraction of sp³-hybridized carbons (Fsp3) is 0.824. The van der Waals surface area contributed by atoms with Crippen molar-refractivity contribution in [2.75, 3.05) is 32.2 Å². The summed E-state index contributed by atoms with van der Waals surface area (Å²) in [5.41, 5.74) is 6.52. The fourth-order valence-electron chi connectivity index (χ4n) is 4.71. The molecule has 3 aliphatic rings. The molecule has 0 aromatic carbocycles. The molecule has 134 valence electrons. The number of hydrogen-bond acceptors (Lipinski definition) is 6. The number of rotatable bonds is 5. The van der Waals surface area contributed by atoms with Crippen molar-refractivity contribution in [1.29, 1.82) is 0 Å². The minimum atomic E-state index is -0.0285. The Labute approximate surface area is 142 Å². The molecule has 24 heavy (non-hydrogen) atoms. The van der Waals surface area contributed by atoms with Gasteiger partial charge in [0.15, 0.2) is 0 Å². The monoisotopic (exact) mass is 336 g/mol. The first kappa shape index (κ1) is 16.2. The van der Waals surface area contributed by atoms with Crippen molar-refractivity contribution in [3.8, 4) is 5.88 Å². The van der Waals surface area contributed by atoms with Gasteiger partial charge in [0.2, 0.25) is 0 Å². The van der Waals surface area contributed by atoms with Crippen molar-refractivity contribution in [3.63, 3.8) is 0 Å². The first-order chi connectivity index (χ1) is 11.8. The lowest BCUT2D eigenvalue weighted by Gasteiger charge is -2.43. The van der Waals surface area contributed by atoms with Crippen LogP contribution >= 0.6 is 0 Å². The lowest BCUT2D eigenvalue weighted by Crippen LogP contribution is -2.52. The minimum absolute atomic E-state index is 0.0285. The number of nitrogen functional groups attached to an aromatic ring is 1. The minimum Gasteiger partial charge on any atom is -0.473 e. The molecule has 3 fully saturated rings. The molecule has 4 rings (SSSR count). The van der Waals surface area contributed by atoms with Crippen LogP contribution in [0, 0.1) is 0 Å². The molecule has 0 spiro atoms. The number of nitrogens with zero attached hydrogens (tertiary/aromatic N) is 3. The van der Waals surface area contributed by atoms with Crippen LogP contribution in [0.25, 0.3) is 0 Å². The maximum Gasteiger partial charge on any atom is 0.256 e. The van der Waals surface area contributed by atoms with Crippen LogP contribution < -0.4 is 10.5 Å². The summed E-state index contributed by atoms with van der Waals surface area (Å²) in [6.45, 7) is 2.03. The van der Waals surface area contributed by atoms with Gasteiger partial charge in [-0.2, -0.15) is 0 Å². The molecule has 3 N–H and O–H groups in total. The number of morpholine rings is 1. The maximum atomic E-state index is 8.86. The highest BCUT2D eigenvalue weighted by atomic mass is 16.5. The standard InChI is InChI=1S/C17H28N4O3/c18-16-9-20(19-17(16)24-8-7-22)12-1-3-13(4-2-12)21-14-5-6-15(21)11-23-10-14/h9,12-15,22H,1-8,10-11,18H2/t12-,13-,14-,15+. The number of anilines is 1. The molecule has 1 aromatic heterocycles. The van der Waals surface area contributed by atoms with E-state index in [0.717, 1.165) is 26.1 Å². The average molecular weight is 336 g/mol. The number of hydrogen-bond donors (Lipinski definition) is 2. The Morgan fingerprint density at radius 3 is 2.38 bits per heavy atom. The molecular weight excluding hydrogens is 308 g/mol. The number of fused-ring (bicyclic) bond motifs is 2. The van der Waals surface area contributed by atoms with E-state index < -0.39 is 0 Å². The second-order valence-electron chi connectivity index (χ2n) is 7.27. The van der Waals surface area contributed by atoms with Gasteiger partial charge in [-0.1, -0.05) is 0 Å². The average Bonchev–Trinajstić information content (AvgIpc) is 3.09. The predicted molar refractivity (Wildman–Crippen MR) is 90.0 cm³/mol. The number of ether oxygens (including phenoxy) is 2. The van der Waals surface area contributed by atoms with Crippen LogP contribution in [-0.4, -0.2) is 64.3 Å². The van der Waals surface area contributed by atoms with E-state index in [1.54, 1.807) is 0 Å². The quantitative estimate of drug-likeness (QED) is 0.840. The molecule has 0 radical (unpaired) electrons. The van der Waals surface area contributed by atoms with Gasteiger partial charge in [0, 0.05) is 18.1 Å². The Kier molecular flexibility index (Phi) is 4.65. The highest BCUT2D eigenvalue weighted by Crippen LogP contribution is 2.38. The highest BCUT2D eigenvalue weighted by Gasteiger charge is 2.42. The van der Waals surface area contributed by atoms with Crippen LogP contribution in [0.1, 0.15) is 44.6 Å². The molecule has 7 nitrogen and oxygen atoms in total. The molecule has 2 atom stereocenters. The normalized spacial score (nSPS) is 33.7. The Morgan fingerprint density at radius 2 is 1.71 bits per heavy atom. The zero-order valence-electron chi connectivity index (χ0n) is 14.1. The van der Waals surface area contributed by atoms with Crippen LogP contribution in [0.3, 0.4) is 0 Å². The summed E-state index contributed by atoms with van der Waals surface area (Å²) in [5, 5.41) is 13.3. The largest absolute Gasteiger partial charge is 0.473 e. The summed E-state index contributed by atoms with van der Waals surface area (Å²) in [7, 11) is 0. The van der Waals surface area contributed by atoms with E-state index in [1.807, 2.05) is 10.9 Å². The molecule has 7 heteroatoms. The second-order valence-corrected chi connectivity index (χ2v) is 7.27. The van der Waals surface area contributed by atoms with E-state index in [2.05, 4.69) is 10.00 Å². The van der Waals surface area contributed by atoms with Gasteiger partial charge in [0.1, 0.15) is 12.3 Å². The molecule has 0 unspecified atom stereocenters. The zero-order valence-corrected chi connectivity index (χ0v) is 14.1. The van der Waals surface area contributed by atoms with Gasteiger partial charge in [-0.15, -0.1) is 5.10 Å². The van der Waals surface area contributed by atoms with E-state index in [1.165, 1.54) is 25.7 Å². The van der Waals surface area contributed by atoms with Gasteiger partial charge < -0.3 is 20.3 Å². The lowest BCUT2D eigenvalue weighted by molar-refractivity contribution is -0.0458. The molecular formula is C17H28N4O3. The summed E-state index contributed by atoms with van der Waals surface area (Å²) in [6.07, 6.45) is 9.15. The van der Waals surface area contributed by atoms with E-state index in [4.69, 9.17) is 20.3 Å². The van der Waals surface area contributed by atoms with Crippen LogP contribution in [0.5, 0.6) is 5.88 Å². The third-order valence-corrected chi connectivity index (χ3v) is 5.81. The van der Waals surface area contributed by atoms with E-state index in [0.29, 0.717) is 35.7 Å². The fourth-order valence-corrected chi connectivity index (χ4v) is 4.71. The van der Waals surface area contributed by atoms with Gasteiger partial charge in [-0.05, 0) is 38.5 Å². The summed E-state index contributed by atoms with van der Waals surface area (Å²) < 4.78 is 13.1. The van der Waals surface area contributed by atoms with E-state index in [9.17, 15) is 0 Å². The highest BCUT2D eigenvalue weighted by molar-refractivity contribution is 5.46. The third kappa shape index (κ3) is 3.00. The number of aromatic nitrogens is 2. The van der Waals surface area contributed by atoms with Crippen LogP contribution in [0.15, 0.2) is 6.20 Å². The van der Waals surface area contributed by atoms with Crippen molar-refractivity contribution < 1.29 is 14.6 Å². The van der Waals surface area contributed by atoms with E-state index in [-0.39, 0.29) is 13.2 Å². The Morgan fingerprint density at radius 1 is 1.08 bits per heavy atom. The number of nitrogens with two attached hydrogens (primary N) is 1. The molecule has 1 saturated carbocycles. The van der Waals surface area contributed by atoms with Gasteiger partial charge in [0.25, 0.3) is 5.88 Å². The molecule has 2 bridgehead atoms. The van der Waals surface area contributed by atoms with Crippen LogP contribution in [-0.2, 0) is 4.74 Å². The van der Waals surface area contributed by atoms with Gasteiger partial charge >= 0.3 is 0 Å². The van der Waals surface area contributed by atoms with Crippen molar-refractivity contribution in [3.05, 3.63) is 6.20 Å². The molecule has 2 aliphatic heterocycles. The van der Waals surface area contributed by atoms with Crippen molar-refractivity contribution in [1.82, 2.24) is 14.7 Å². The van der Waals surface area contributed by atoms with Gasteiger partial charge in [0.05, 0.1) is 32.1 Å². The zero-order chi connectivity index (χ0) is 16.5. The third-order valence-electron chi connectivity index (χ3n) is 5.81. The Hall–Kier alpha value is -1.31. The summed E-state index contributed by atoms with van der Waals surface area (Å²) >= 11 is 0. The summed E-state index contributed by atoms with van der Waals surface area (Å²) in [5.74, 6) is 0.442. The predicted octanol–water partition coefficient (Wildman–Crippen LogP) is 1.18.